The van der Waals surface area contributed by atoms with Crippen LogP contribution in [0.1, 0.15) is 36.5 Å². The monoisotopic (exact) mass is 282 g/mol. The van der Waals surface area contributed by atoms with Crippen LogP contribution in [-0.4, -0.2) is 22.5 Å². The Morgan fingerprint density at radius 1 is 1.55 bits per heavy atom. The molecule has 1 aliphatic carbocycles. The number of halogens is 1. The standard InChI is InChI=1S/C13H15FN2O4/c1-13(3-2-4-13)7-15-10-5-8(12(17)18)9(14)6-11(10)16(19)20/h5-6,15H,2-4,7H2,1H3,(H,17,18). The summed E-state index contributed by atoms with van der Waals surface area (Å²) in [6.45, 7) is 2.55. The Morgan fingerprint density at radius 2 is 2.20 bits per heavy atom. The first-order chi connectivity index (χ1) is 9.32. The molecule has 0 spiro atoms. The number of carbonyl (C=O) groups is 1. The first-order valence-corrected chi connectivity index (χ1v) is 6.27. The fourth-order valence-corrected chi connectivity index (χ4v) is 2.29. The molecule has 0 aliphatic heterocycles. The average molecular weight is 282 g/mol. The van der Waals surface area contributed by atoms with Crippen molar-refractivity contribution >= 4 is 17.3 Å². The molecule has 0 bridgehead atoms. The number of hydrogen-bond acceptors (Lipinski definition) is 4. The minimum atomic E-state index is -1.45. The lowest BCUT2D eigenvalue weighted by Crippen LogP contribution is -2.33. The Bertz CT molecular complexity index is 570. The number of nitrogens with zero attached hydrogens (tertiary/aromatic N) is 1. The molecule has 1 saturated carbocycles. The number of nitrogens with one attached hydrogen (secondary N) is 1. The predicted octanol–water partition coefficient (Wildman–Crippen LogP) is 3.03. The number of rotatable bonds is 5. The molecule has 0 saturated heterocycles. The van der Waals surface area contributed by atoms with Gasteiger partial charge in [0.15, 0.2) is 0 Å². The number of benzene rings is 1. The third-order valence-electron chi connectivity index (χ3n) is 3.78. The van der Waals surface area contributed by atoms with E-state index in [2.05, 4.69) is 12.2 Å². The number of anilines is 1. The molecule has 20 heavy (non-hydrogen) atoms. The molecule has 7 heteroatoms. The maximum atomic E-state index is 13.5. The highest BCUT2D eigenvalue weighted by Gasteiger charge is 2.32. The van der Waals surface area contributed by atoms with Crippen molar-refractivity contribution < 1.29 is 19.2 Å². The van der Waals surface area contributed by atoms with Gasteiger partial charge in [0.25, 0.3) is 5.69 Å². The molecule has 0 amide bonds. The summed E-state index contributed by atoms with van der Waals surface area (Å²) in [5, 5.41) is 22.7. The SMILES string of the molecule is CC1(CNc2cc(C(=O)O)c(F)cc2[N+](=O)[O-])CCC1. The van der Waals surface area contributed by atoms with E-state index in [1.807, 2.05) is 0 Å². The van der Waals surface area contributed by atoms with Crippen molar-refractivity contribution in [3.8, 4) is 0 Å². The van der Waals surface area contributed by atoms with Gasteiger partial charge in [0, 0.05) is 6.54 Å². The topological polar surface area (TPSA) is 92.5 Å². The van der Waals surface area contributed by atoms with Gasteiger partial charge in [-0.2, -0.15) is 0 Å². The molecule has 1 aromatic rings. The lowest BCUT2D eigenvalue weighted by atomic mass is 9.70. The number of nitro benzene ring substituents is 1. The van der Waals surface area contributed by atoms with E-state index in [4.69, 9.17) is 5.11 Å². The van der Waals surface area contributed by atoms with Gasteiger partial charge < -0.3 is 10.4 Å². The lowest BCUT2D eigenvalue weighted by Gasteiger charge is -2.38. The molecule has 0 radical (unpaired) electrons. The van der Waals surface area contributed by atoms with E-state index in [-0.39, 0.29) is 11.1 Å². The smallest absolute Gasteiger partial charge is 0.338 e. The van der Waals surface area contributed by atoms with Crippen LogP contribution in [0.25, 0.3) is 0 Å². The molecule has 0 atom stereocenters. The molecule has 6 nitrogen and oxygen atoms in total. The van der Waals surface area contributed by atoms with Crippen molar-refractivity contribution in [2.75, 3.05) is 11.9 Å². The molecule has 108 valence electrons. The molecule has 1 aliphatic rings. The predicted molar refractivity (Wildman–Crippen MR) is 70.5 cm³/mol. The largest absolute Gasteiger partial charge is 0.478 e. The summed E-state index contributed by atoms with van der Waals surface area (Å²) >= 11 is 0. The second kappa shape index (κ2) is 5.07. The van der Waals surface area contributed by atoms with Crippen LogP contribution in [-0.2, 0) is 0 Å². The summed E-state index contributed by atoms with van der Waals surface area (Å²) in [6.07, 6.45) is 3.14. The Hall–Kier alpha value is -2.18. The molecule has 2 N–H and O–H groups in total. The van der Waals surface area contributed by atoms with Crippen LogP contribution in [0.15, 0.2) is 12.1 Å². The van der Waals surface area contributed by atoms with E-state index < -0.39 is 28.0 Å². The minimum absolute atomic E-state index is 0.0434. The summed E-state index contributed by atoms with van der Waals surface area (Å²) in [4.78, 5) is 21.1. The van der Waals surface area contributed by atoms with Gasteiger partial charge >= 0.3 is 5.97 Å². The number of carboxylic acid groups (broad SMARTS) is 1. The molecule has 0 aromatic heterocycles. The van der Waals surface area contributed by atoms with Crippen LogP contribution in [0, 0.1) is 21.3 Å². The fraction of sp³-hybridized carbons (Fsp3) is 0.462. The van der Waals surface area contributed by atoms with Gasteiger partial charge in [-0.3, -0.25) is 10.1 Å². The van der Waals surface area contributed by atoms with Crippen molar-refractivity contribution in [2.45, 2.75) is 26.2 Å². The van der Waals surface area contributed by atoms with E-state index in [9.17, 15) is 19.3 Å². The highest BCUT2D eigenvalue weighted by molar-refractivity contribution is 5.90. The van der Waals surface area contributed by atoms with E-state index >= 15 is 0 Å². The molecule has 0 heterocycles. The van der Waals surface area contributed by atoms with Crippen LogP contribution in [0.3, 0.4) is 0 Å². The highest BCUT2D eigenvalue weighted by Crippen LogP contribution is 2.41. The first-order valence-electron chi connectivity index (χ1n) is 6.27. The zero-order chi connectivity index (χ0) is 14.9. The van der Waals surface area contributed by atoms with Crippen LogP contribution in [0.2, 0.25) is 0 Å². The van der Waals surface area contributed by atoms with E-state index in [1.54, 1.807) is 0 Å². The maximum absolute atomic E-state index is 13.5. The Labute approximate surface area is 114 Å². The van der Waals surface area contributed by atoms with E-state index in [0.717, 1.165) is 25.3 Å². The van der Waals surface area contributed by atoms with Crippen molar-refractivity contribution in [3.05, 3.63) is 33.6 Å². The van der Waals surface area contributed by atoms with Crippen molar-refractivity contribution in [3.63, 3.8) is 0 Å². The van der Waals surface area contributed by atoms with E-state index in [1.165, 1.54) is 0 Å². The molecular weight excluding hydrogens is 267 g/mol. The third-order valence-corrected chi connectivity index (χ3v) is 3.78. The van der Waals surface area contributed by atoms with Crippen LogP contribution in [0.5, 0.6) is 0 Å². The summed E-state index contributed by atoms with van der Waals surface area (Å²) in [7, 11) is 0. The normalized spacial score (nSPS) is 16.3. The summed E-state index contributed by atoms with van der Waals surface area (Å²) in [5.74, 6) is -2.56. The zero-order valence-electron chi connectivity index (χ0n) is 11.0. The second-order valence-electron chi connectivity index (χ2n) is 5.43. The number of carboxylic acids is 1. The van der Waals surface area contributed by atoms with Gasteiger partial charge in [-0.1, -0.05) is 13.3 Å². The molecular formula is C13H15FN2O4. The van der Waals surface area contributed by atoms with Crippen molar-refractivity contribution in [1.29, 1.82) is 0 Å². The summed E-state index contributed by atoms with van der Waals surface area (Å²) in [6, 6.07) is 1.63. The molecule has 0 unspecified atom stereocenters. The summed E-state index contributed by atoms with van der Waals surface area (Å²) < 4.78 is 13.5. The average Bonchev–Trinajstić information content (AvgIpc) is 2.34. The number of nitro groups is 1. The zero-order valence-corrected chi connectivity index (χ0v) is 11.0. The number of hydrogen-bond donors (Lipinski definition) is 2. The maximum Gasteiger partial charge on any atom is 0.338 e. The van der Waals surface area contributed by atoms with Crippen molar-refractivity contribution in [1.82, 2.24) is 0 Å². The number of aromatic carboxylic acids is 1. The van der Waals surface area contributed by atoms with Crippen molar-refractivity contribution in [2.24, 2.45) is 5.41 Å². The highest BCUT2D eigenvalue weighted by atomic mass is 19.1. The summed E-state index contributed by atoms with van der Waals surface area (Å²) in [5.41, 5.74) is -0.916. The first kappa shape index (κ1) is 14.2. The van der Waals surface area contributed by atoms with Gasteiger partial charge in [-0.05, 0) is 24.3 Å². The fourth-order valence-electron chi connectivity index (χ4n) is 2.29. The lowest BCUT2D eigenvalue weighted by molar-refractivity contribution is -0.384. The Morgan fingerprint density at radius 3 is 2.65 bits per heavy atom. The quantitative estimate of drug-likeness (QED) is 0.639. The van der Waals surface area contributed by atoms with Gasteiger partial charge in [0.1, 0.15) is 11.5 Å². The third kappa shape index (κ3) is 2.71. The second-order valence-corrected chi connectivity index (χ2v) is 5.43. The van der Waals surface area contributed by atoms with E-state index in [0.29, 0.717) is 12.6 Å². The van der Waals surface area contributed by atoms with Crippen LogP contribution in [0.4, 0.5) is 15.8 Å². The minimum Gasteiger partial charge on any atom is -0.478 e. The Balaban J connectivity index is 2.30. The van der Waals surface area contributed by atoms with Crippen LogP contribution >= 0.6 is 0 Å². The Kier molecular flexibility index (Phi) is 3.61. The van der Waals surface area contributed by atoms with Gasteiger partial charge in [-0.25, -0.2) is 9.18 Å². The van der Waals surface area contributed by atoms with Gasteiger partial charge in [0.05, 0.1) is 16.6 Å². The van der Waals surface area contributed by atoms with Gasteiger partial charge in [-0.15, -0.1) is 0 Å². The van der Waals surface area contributed by atoms with Crippen LogP contribution < -0.4 is 5.32 Å². The van der Waals surface area contributed by atoms with Gasteiger partial charge in [0.2, 0.25) is 0 Å². The molecule has 1 aromatic carbocycles. The molecule has 1 fully saturated rings. The molecule has 2 rings (SSSR count).